The lowest BCUT2D eigenvalue weighted by Gasteiger charge is -2.34. The molecular formula is C18H30N2. The van der Waals surface area contributed by atoms with Crippen molar-refractivity contribution in [1.29, 1.82) is 0 Å². The van der Waals surface area contributed by atoms with Gasteiger partial charge in [0.2, 0.25) is 0 Å². The van der Waals surface area contributed by atoms with Gasteiger partial charge in [-0.2, -0.15) is 0 Å². The third kappa shape index (κ3) is 3.99. The van der Waals surface area contributed by atoms with Gasteiger partial charge >= 0.3 is 0 Å². The number of nitrogens with zero attached hydrogens (tertiary/aromatic N) is 1. The van der Waals surface area contributed by atoms with E-state index in [1.807, 2.05) is 0 Å². The number of benzene rings is 1. The average Bonchev–Trinajstić information content (AvgIpc) is 2.49. The zero-order chi connectivity index (χ0) is 14.4. The number of nitrogens with one attached hydrogen (secondary N) is 1. The molecule has 1 fully saturated rings. The first-order valence-corrected chi connectivity index (χ1v) is 8.29. The van der Waals surface area contributed by atoms with E-state index in [0.29, 0.717) is 0 Å². The summed E-state index contributed by atoms with van der Waals surface area (Å²) in [4.78, 5) is 2.58. The topological polar surface area (TPSA) is 15.3 Å². The maximum absolute atomic E-state index is 3.49. The lowest BCUT2D eigenvalue weighted by molar-refractivity contribution is 0.404. The summed E-state index contributed by atoms with van der Waals surface area (Å²) in [6, 6.07) is 7.00. The van der Waals surface area contributed by atoms with Crippen LogP contribution < -0.4 is 10.2 Å². The summed E-state index contributed by atoms with van der Waals surface area (Å²) in [5.74, 6) is 0.884. The third-order valence-electron chi connectivity index (χ3n) is 4.53. The zero-order valence-corrected chi connectivity index (χ0v) is 13.4. The molecule has 0 amide bonds. The SMILES string of the molecule is CCCNCc1ccc(N2CCCC(CC)C2)cc1C. The molecule has 1 aliphatic heterocycles. The molecule has 0 aliphatic carbocycles. The van der Waals surface area contributed by atoms with Crippen LogP contribution in [0.15, 0.2) is 18.2 Å². The summed E-state index contributed by atoms with van der Waals surface area (Å²) in [7, 11) is 0. The smallest absolute Gasteiger partial charge is 0.0369 e. The molecule has 1 heterocycles. The minimum atomic E-state index is 0.884. The van der Waals surface area contributed by atoms with Crippen LogP contribution in [0.25, 0.3) is 0 Å². The van der Waals surface area contributed by atoms with Crippen molar-refractivity contribution in [3.05, 3.63) is 29.3 Å². The van der Waals surface area contributed by atoms with E-state index in [-0.39, 0.29) is 0 Å². The second-order valence-corrected chi connectivity index (χ2v) is 6.15. The van der Waals surface area contributed by atoms with Crippen LogP contribution in [0.4, 0.5) is 5.69 Å². The molecule has 0 bridgehead atoms. The Morgan fingerprint density at radius 1 is 1.30 bits per heavy atom. The predicted molar refractivity (Wildman–Crippen MR) is 88.4 cm³/mol. The van der Waals surface area contributed by atoms with Gasteiger partial charge in [-0.3, -0.25) is 0 Å². The Bertz CT molecular complexity index is 414. The Balaban J connectivity index is 2.00. The van der Waals surface area contributed by atoms with Crippen molar-refractivity contribution in [1.82, 2.24) is 5.32 Å². The fourth-order valence-electron chi connectivity index (χ4n) is 3.11. The second-order valence-electron chi connectivity index (χ2n) is 6.15. The first-order valence-electron chi connectivity index (χ1n) is 8.29. The van der Waals surface area contributed by atoms with Crippen molar-refractivity contribution >= 4 is 5.69 Å². The fraction of sp³-hybridized carbons (Fsp3) is 0.667. The van der Waals surface area contributed by atoms with Crippen molar-refractivity contribution in [2.45, 2.75) is 53.0 Å². The summed E-state index contributed by atoms with van der Waals surface area (Å²) in [6.07, 6.45) is 5.26. The van der Waals surface area contributed by atoms with E-state index in [9.17, 15) is 0 Å². The van der Waals surface area contributed by atoms with E-state index in [0.717, 1.165) is 19.0 Å². The first kappa shape index (κ1) is 15.4. The van der Waals surface area contributed by atoms with Gasteiger partial charge in [-0.25, -0.2) is 0 Å². The molecule has 20 heavy (non-hydrogen) atoms. The second kappa shape index (κ2) is 7.68. The van der Waals surface area contributed by atoms with Gasteiger partial charge in [-0.15, -0.1) is 0 Å². The van der Waals surface area contributed by atoms with Crippen LogP contribution in [0.5, 0.6) is 0 Å². The van der Waals surface area contributed by atoms with Crippen LogP contribution in [-0.2, 0) is 6.54 Å². The lowest BCUT2D eigenvalue weighted by Crippen LogP contribution is -2.35. The number of hydrogen-bond donors (Lipinski definition) is 1. The zero-order valence-electron chi connectivity index (χ0n) is 13.4. The standard InChI is InChI=1S/C18H30N2/c1-4-10-19-13-17-8-9-18(12-15(17)3)20-11-6-7-16(5-2)14-20/h8-9,12,16,19H,4-7,10-11,13-14H2,1-3H3. The molecule has 1 aromatic carbocycles. The van der Waals surface area contributed by atoms with Gasteiger partial charge in [0.1, 0.15) is 0 Å². The van der Waals surface area contributed by atoms with Crippen molar-refractivity contribution < 1.29 is 0 Å². The summed E-state index contributed by atoms with van der Waals surface area (Å²) < 4.78 is 0. The normalized spacial score (nSPS) is 19.4. The van der Waals surface area contributed by atoms with Crippen LogP contribution in [0.2, 0.25) is 0 Å². The Morgan fingerprint density at radius 2 is 2.15 bits per heavy atom. The van der Waals surface area contributed by atoms with E-state index < -0.39 is 0 Å². The highest BCUT2D eigenvalue weighted by Crippen LogP contribution is 2.26. The van der Waals surface area contributed by atoms with Gasteiger partial charge < -0.3 is 10.2 Å². The van der Waals surface area contributed by atoms with E-state index in [4.69, 9.17) is 0 Å². The van der Waals surface area contributed by atoms with Crippen molar-refractivity contribution in [3.8, 4) is 0 Å². The molecule has 2 nitrogen and oxygen atoms in total. The maximum Gasteiger partial charge on any atom is 0.0369 e. The maximum atomic E-state index is 3.49. The molecular weight excluding hydrogens is 244 g/mol. The molecule has 2 heteroatoms. The van der Waals surface area contributed by atoms with Gasteiger partial charge in [-0.1, -0.05) is 26.3 Å². The number of piperidine rings is 1. The molecule has 1 unspecified atom stereocenters. The summed E-state index contributed by atoms with van der Waals surface area (Å²) in [5.41, 5.74) is 4.27. The van der Waals surface area contributed by atoms with Gasteiger partial charge in [0.25, 0.3) is 0 Å². The molecule has 0 saturated carbocycles. The van der Waals surface area contributed by atoms with Gasteiger partial charge in [-0.05, 0) is 61.9 Å². The van der Waals surface area contributed by atoms with Crippen molar-refractivity contribution in [2.24, 2.45) is 5.92 Å². The van der Waals surface area contributed by atoms with Crippen LogP contribution in [0.1, 0.15) is 50.7 Å². The quantitative estimate of drug-likeness (QED) is 0.785. The van der Waals surface area contributed by atoms with E-state index in [2.05, 4.69) is 49.2 Å². The number of rotatable bonds is 6. The highest BCUT2D eigenvalue weighted by molar-refractivity contribution is 5.51. The van der Waals surface area contributed by atoms with Gasteiger partial charge in [0.15, 0.2) is 0 Å². The number of anilines is 1. The Morgan fingerprint density at radius 3 is 2.85 bits per heavy atom. The molecule has 1 aromatic rings. The first-order chi connectivity index (χ1) is 9.74. The average molecular weight is 274 g/mol. The van der Waals surface area contributed by atoms with Gasteiger partial charge in [0.05, 0.1) is 0 Å². The molecule has 112 valence electrons. The molecule has 1 saturated heterocycles. The summed E-state index contributed by atoms with van der Waals surface area (Å²) in [5, 5.41) is 3.49. The number of aryl methyl sites for hydroxylation is 1. The van der Waals surface area contributed by atoms with Crippen molar-refractivity contribution in [3.63, 3.8) is 0 Å². The Hall–Kier alpha value is -1.02. The molecule has 1 atom stereocenters. The highest BCUT2D eigenvalue weighted by Gasteiger charge is 2.18. The number of hydrogen-bond acceptors (Lipinski definition) is 2. The fourth-order valence-corrected chi connectivity index (χ4v) is 3.11. The summed E-state index contributed by atoms with van der Waals surface area (Å²) >= 11 is 0. The molecule has 0 aromatic heterocycles. The molecule has 1 aliphatic rings. The minimum Gasteiger partial charge on any atom is -0.371 e. The van der Waals surface area contributed by atoms with Gasteiger partial charge in [0, 0.05) is 25.3 Å². The van der Waals surface area contributed by atoms with Crippen LogP contribution >= 0.6 is 0 Å². The third-order valence-corrected chi connectivity index (χ3v) is 4.53. The van der Waals surface area contributed by atoms with Crippen LogP contribution in [0, 0.1) is 12.8 Å². The monoisotopic (exact) mass is 274 g/mol. The minimum absolute atomic E-state index is 0.884. The highest BCUT2D eigenvalue weighted by atomic mass is 15.1. The Labute approximate surface area is 124 Å². The molecule has 2 rings (SSSR count). The Kier molecular flexibility index (Phi) is 5.90. The van der Waals surface area contributed by atoms with Crippen molar-refractivity contribution in [2.75, 3.05) is 24.5 Å². The molecule has 1 N–H and O–H groups in total. The van der Waals surface area contributed by atoms with E-state index in [1.54, 1.807) is 0 Å². The lowest BCUT2D eigenvalue weighted by atomic mass is 9.95. The molecule has 0 radical (unpaired) electrons. The molecule has 0 spiro atoms. The van der Waals surface area contributed by atoms with E-state index >= 15 is 0 Å². The largest absolute Gasteiger partial charge is 0.371 e. The summed E-state index contributed by atoms with van der Waals surface area (Å²) in [6.45, 7) is 11.3. The van der Waals surface area contributed by atoms with E-state index in [1.165, 1.54) is 55.6 Å². The van der Waals surface area contributed by atoms with Crippen LogP contribution in [0.3, 0.4) is 0 Å². The predicted octanol–water partition coefficient (Wildman–Crippen LogP) is 4.12. The van der Waals surface area contributed by atoms with Crippen LogP contribution in [-0.4, -0.2) is 19.6 Å².